The van der Waals surface area contributed by atoms with E-state index in [1.54, 1.807) is 12.4 Å². The van der Waals surface area contributed by atoms with E-state index in [4.69, 9.17) is 0 Å². The second-order valence-corrected chi connectivity index (χ2v) is 6.70. The van der Waals surface area contributed by atoms with Gasteiger partial charge in [-0.1, -0.05) is 35.8 Å². The summed E-state index contributed by atoms with van der Waals surface area (Å²) in [6.45, 7) is 7.76. The third-order valence-electron chi connectivity index (χ3n) is 3.72. The van der Waals surface area contributed by atoms with E-state index in [1.807, 2.05) is 36.1 Å². The lowest BCUT2D eigenvalue weighted by Gasteiger charge is -2.21. The van der Waals surface area contributed by atoms with Crippen LogP contribution in [0.25, 0.3) is 0 Å². The molecule has 0 saturated heterocycles. The van der Waals surface area contributed by atoms with Crippen LogP contribution in [-0.4, -0.2) is 28.9 Å². The molecule has 0 radical (unpaired) electrons. The monoisotopic (exact) mass is 389 g/mol. The minimum atomic E-state index is 0.0416. The number of amides is 1. The summed E-state index contributed by atoms with van der Waals surface area (Å²) in [6.07, 6.45) is 5.27. The Hall–Kier alpha value is -1.88. The van der Waals surface area contributed by atoms with Crippen molar-refractivity contribution in [2.24, 2.45) is 0 Å². The Morgan fingerprint density at radius 3 is 2.46 bits per heavy atom. The van der Waals surface area contributed by atoms with E-state index in [1.165, 1.54) is 5.56 Å². The fourth-order valence-corrected chi connectivity index (χ4v) is 2.88. The van der Waals surface area contributed by atoms with Gasteiger partial charge in [0.15, 0.2) is 0 Å². The van der Waals surface area contributed by atoms with Gasteiger partial charge in [-0.2, -0.15) is 0 Å². The number of carbonyl (C=O) groups excluding carboxylic acids is 1. The van der Waals surface area contributed by atoms with Gasteiger partial charge in [-0.15, -0.1) is 0 Å². The van der Waals surface area contributed by atoms with Crippen LogP contribution in [0.2, 0.25) is 0 Å². The highest BCUT2D eigenvalue weighted by molar-refractivity contribution is 9.10. The Kier molecular flexibility index (Phi) is 6.79. The topological polar surface area (TPSA) is 45.2 Å². The van der Waals surface area contributed by atoms with Crippen LogP contribution in [0.5, 0.6) is 0 Å². The van der Waals surface area contributed by atoms with Gasteiger partial charge in [-0.05, 0) is 43.5 Å². The van der Waals surface area contributed by atoms with Crippen LogP contribution in [-0.2, 0) is 0 Å². The first kappa shape index (κ1) is 18.5. The normalized spacial score (nSPS) is 10.5. The predicted octanol–water partition coefficient (Wildman–Crippen LogP) is 5.16. The first-order chi connectivity index (χ1) is 11.5. The first-order valence-electron chi connectivity index (χ1n) is 8.32. The quantitative estimate of drug-likeness (QED) is 0.711. The van der Waals surface area contributed by atoms with Crippen LogP contribution < -0.4 is 5.32 Å². The molecule has 1 amide bonds. The zero-order valence-corrected chi connectivity index (χ0v) is 16.1. The van der Waals surface area contributed by atoms with E-state index < -0.39 is 0 Å². The average Bonchev–Trinajstić information content (AvgIpc) is 2.58. The maximum absolute atomic E-state index is 12.7. The van der Waals surface area contributed by atoms with Crippen LogP contribution >= 0.6 is 15.9 Å². The highest BCUT2D eigenvalue weighted by Crippen LogP contribution is 2.24. The molecule has 0 bridgehead atoms. The smallest absolute Gasteiger partial charge is 0.255 e. The van der Waals surface area contributed by atoms with Gasteiger partial charge in [-0.25, -0.2) is 0 Å². The molecule has 2 aromatic rings. The summed E-state index contributed by atoms with van der Waals surface area (Å²) < 4.78 is 1.05. The van der Waals surface area contributed by atoms with Crippen LogP contribution in [0.1, 0.15) is 42.6 Å². The van der Waals surface area contributed by atoms with Gasteiger partial charge in [0, 0.05) is 29.4 Å². The molecule has 0 unspecified atom stereocenters. The second kappa shape index (κ2) is 8.83. The summed E-state index contributed by atoms with van der Waals surface area (Å²) in [4.78, 5) is 18.8. The number of rotatable bonds is 7. The molecular formula is C19H24BrN3O. The van der Waals surface area contributed by atoms with Crippen molar-refractivity contribution in [3.8, 4) is 0 Å². The third kappa shape index (κ3) is 4.81. The Morgan fingerprint density at radius 1 is 1.12 bits per heavy atom. The van der Waals surface area contributed by atoms with Gasteiger partial charge in [0.05, 0.1) is 17.4 Å². The number of hydrogen-bond donors (Lipinski definition) is 1. The maximum Gasteiger partial charge on any atom is 0.255 e. The van der Waals surface area contributed by atoms with Crippen LogP contribution in [0.3, 0.4) is 0 Å². The zero-order chi connectivity index (χ0) is 17.5. The SMILES string of the molecule is CCCN(CCC)C(=O)c1cncc(Nc2ccc(C)c(Br)c2)c1. The van der Waals surface area contributed by atoms with E-state index in [2.05, 4.69) is 40.1 Å². The van der Waals surface area contributed by atoms with Gasteiger partial charge in [-0.3, -0.25) is 9.78 Å². The number of nitrogens with zero attached hydrogens (tertiary/aromatic N) is 2. The molecule has 0 fully saturated rings. The van der Waals surface area contributed by atoms with Crippen molar-refractivity contribution < 1.29 is 4.79 Å². The lowest BCUT2D eigenvalue weighted by molar-refractivity contribution is 0.0755. The second-order valence-electron chi connectivity index (χ2n) is 5.84. The lowest BCUT2D eigenvalue weighted by Crippen LogP contribution is -2.32. The van der Waals surface area contributed by atoms with Crippen molar-refractivity contribution in [3.05, 3.63) is 52.3 Å². The molecule has 5 heteroatoms. The summed E-state index contributed by atoms with van der Waals surface area (Å²) in [5.41, 5.74) is 3.56. The Morgan fingerprint density at radius 2 is 1.83 bits per heavy atom. The summed E-state index contributed by atoms with van der Waals surface area (Å²) in [6, 6.07) is 7.93. The van der Waals surface area contributed by atoms with E-state index >= 15 is 0 Å². The number of hydrogen-bond acceptors (Lipinski definition) is 3. The number of benzene rings is 1. The first-order valence-corrected chi connectivity index (χ1v) is 9.12. The van der Waals surface area contributed by atoms with Crippen molar-refractivity contribution in [3.63, 3.8) is 0 Å². The van der Waals surface area contributed by atoms with Crippen molar-refractivity contribution >= 4 is 33.2 Å². The molecule has 0 aliphatic carbocycles. The van der Waals surface area contributed by atoms with E-state index in [9.17, 15) is 4.79 Å². The van der Waals surface area contributed by atoms with Gasteiger partial charge >= 0.3 is 0 Å². The Balaban J connectivity index is 2.18. The van der Waals surface area contributed by atoms with Crippen molar-refractivity contribution in [1.29, 1.82) is 0 Å². The summed E-state index contributed by atoms with van der Waals surface area (Å²) >= 11 is 3.53. The minimum absolute atomic E-state index is 0.0416. The summed E-state index contributed by atoms with van der Waals surface area (Å²) in [5, 5.41) is 3.31. The molecular weight excluding hydrogens is 366 g/mol. The van der Waals surface area contributed by atoms with E-state index in [-0.39, 0.29) is 5.91 Å². The molecule has 128 valence electrons. The van der Waals surface area contributed by atoms with Crippen molar-refractivity contribution in [2.45, 2.75) is 33.6 Å². The molecule has 1 heterocycles. The summed E-state index contributed by atoms with van der Waals surface area (Å²) in [5.74, 6) is 0.0416. The Labute approximate surface area is 152 Å². The van der Waals surface area contributed by atoms with Crippen molar-refractivity contribution in [2.75, 3.05) is 18.4 Å². The van der Waals surface area contributed by atoms with Gasteiger partial charge in [0.25, 0.3) is 5.91 Å². The lowest BCUT2D eigenvalue weighted by atomic mass is 10.2. The van der Waals surface area contributed by atoms with Gasteiger partial charge in [0.2, 0.25) is 0 Å². The highest BCUT2D eigenvalue weighted by Gasteiger charge is 2.15. The molecule has 4 nitrogen and oxygen atoms in total. The molecule has 0 aliphatic rings. The molecule has 0 aliphatic heterocycles. The number of anilines is 2. The predicted molar refractivity (Wildman–Crippen MR) is 103 cm³/mol. The van der Waals surface area contributed by atoms with E-state index in [0.29, 0.717) is 5.56 Å². The van der Waals surface area contributed by atoms with Crippen LogP contribution in [0.15, 0.2) is 41.1 Å². The highest BCUT2D eigenvalue weighted by atomic mass is 79.9. The number of halogens is 1. The molecule has 0 saturated carbocycles. The minimum Gasteiger partial charge on any atom is -0.354 e. The molecule has 1 aromatic heterocycles. The molecule has 2 rings (SSSR count). The van der Waals surface area contributed by atoms with Crippen LogP contribution in [0.4, 0.5) is 11.4 Å². The van der Waals surface area contributed by atoms with Crippen LogP contribution in [0, 0.1) is 6.92 Å². The average molecular weight is 390 g/mol. The molecule has 1 N–H and O–H groups in total. The fourth-order valence-electron chi connectivity index (χ4n) is 2.50. The number of carbonyl (C=O) groups is 1. The standard InChI is InChI=1S/C19H24BrN3O/c1-4-8-23(9-5-2)19(24)15-10-17(13-21-12-15)22-16-7-6-14(3)18(20)11-16/h6-7,10-13,22H,4-5,8-9H2,1-3H3. The maximum atomic E-state index is 12.7. The largest absolute Gasteiger partial charge is 0.354 e. The van der Waals surface area contributed by atoms with Gasteiger partial charge < -0.3 is 10.2 Å². The van der Waals surface area contributed by atoms with E-state index in [0.717, 1.165) is 41.8 Å². The molecule has 1 aromatic carbocycles. The number of pyridine rings is 1. The summed E-state index contributed by atoms with van der Waals surface area (Å²) in [7, 11) is 0. The zero-order valence-electron chi connectivity index (χ0n) is 14.5. The van der Waals surface area contributed by atoms with Crippen molar-refractivity contribution in [1.82, 2.24) is 9.88 Å². The third-order valence-corrected chi connectivity index (χ3v) is 4.57. The fraction of sp³-hybridized carbons (Fsp3) is 0.368. The van der Waals surface area contributed by atoms with Gasteiger partial charge in [0.1, 0.15) is 0 Å². The number of nitrogens with one attached hydrogen (secondary N) is 1. The Bertz CT molecular complexity index is 697. The number of aryl methyl sites for hydroxylation is 1. The molecule has 24 heavy (non-hydrogen) atoms. The molecule has 0 spiro atoms. The molecule has 0 atom stereocenters. The number of aromatic nitrogens is 1.